The first kappa shape index (κ1) is 14.3. The molecule has 0 saturated heterocycles. The normalized spacial score (nSPS) is 11.7. The molecule has 0 aliphatic carbocycles. The summed E-state index contributed by atoms with van der Waals surface area (Å²) < 4.78 is 0. The van der Waals surface area contributed by atoms with E-state index in [2.05, 4.69) is 10.1 Å². The number of carbonyl (C=O) groups is 1. The Bertz CT molecular complexity index is 416. The highest BCUT2D eigenvalue weighted by molar-refractivity contribution is 6.01. The van der Waals surface area contributed by atoms with Crippen LogP contribution in [0.3, 0.4) is 0 Å². The van der Waals surface area contributed by atoms with Crippen molar-refractivity contribution in [3.8, 4) is 0 Å². The van der Waals surface area contributed by atoms with Crippen molar-refractivity contribution in [2.75, 3.05) is 0 Å². The minimum atomic E-state index is -0.530. The second-order valence-corrected chi connectivity index (χ2v) is 4.30. The van der Waals surface area contributed by atoms with Crippen LogP contribution in [0.2, 0.25) is 0 Å². The topological polar surface area (TPSA) is 68.6 Å². The Morgan fingerprint density at radius 2 is 2.06 bits per heavy atom. The second-order valence-electron chi connectivity index (χ2n) is 4.30. The maximum Gasteiger partial charge on any atom is 0.235 e. The molecule has 98 valence electrons. The number of pyridine rings is 1. The van der Waals surface area contributed by atoms with Crippen molar-refractivity contribution < 1.29 is 4.79 Å². The van der Waals surface area contributed by atoms with Gasteiger partial charge in [0, 0.05) is 23.9 Å². The van der Waals surface area contributed by atoms with Crippen LogP contribution < -0.4 is 0 Å². The summed E-state index contributed by atoms with van der Waals surface area (Å²) in [5.74, 6) is -0.885. The number of hydrazone groups is 1. The number of aromatic nitrogens is 1. The molecular weight excluding hydrogens is 230 g/mol. The van der Waals surface area contributed by atoms with Gasteiger partial charge in [0.1, 0.15) is 0 Å². The molecule has 0 unspecified atom stereocenters. The summed E-state index contributed by atoms with van der Waals surface area (Å²) in [5.41, 5.74) is 1.44. The molecule has 0 saturated carbocycles. The van der Waals surface area contributed by atoms with E-state index in [-0.39, 0.29) is 11.1 Å². The van der Waals surface area contributed by atoms with Gasteiger partial charge < -0.3 is 10.4 Å². The third kappa shape index (κ3) is 3.92. The van der Waals surface area contributed by atoms with E-state index in [0.717, 1.165) is 12.0 Å². The van der Waals surface area contributed by atoms with Crippen LogP contribution in [-0.4, -0.2) is 21.8 Å². The maximum atomic E-state index is 11.6. The van der Waals surface area contributed by atoms with Crippen molar-refractivity contribution in [2.24, 2.45) is 11.0 Å². The van der Waals surface area contributed by atoms with E-state index >= 15 is 0 Å². The zero-order valence-corrected chi connectivity index (χ0v) is 11.0. The Balaban J connectivity index is 2.95. The second kappa shape index (κ2) is 6.86. The Morgan fingerprint density at radius 3 is 2.56 bits per heavy atom. The average molecular weight is 248 g/mol. The monoisotopic (exact) mass is 248 g/mol. The lowest BCUT2D eigenvalue weighted by molar-refractivity contribution is -0.131. The Labute approximate surface area is 107 Å². The maximum absolute atomic E-state index is 11.6. The fraction of sp³-hybridized carbons (Fsp3) is 0.462. The molecule has 0 N–H and O–H groups in total. The van der Waals surface area contributed by atoms with E-state index in [1.807, 2.05) is 6.92 Å². The molecule has 0 aliphatic heterocycles. The van der Waals surface area contributed by atoms with E-state index in [0.29, 0.717) is 12.1 Å². The molecule has 0 aliphatic rings. The van der Waals surface area contributed by atoms with Crippen LogP contribution in [0.15, 0.2) is 29.6 Å². The lowest BCUT2D eigenvalue weighted by atomic mass is 10.1. The summed E-state index contributed by atoms with van der Waals surface area (Å²) in [6, 6.07) is 3.56. The van der Waals surface area contributed by atoms with Crippen molar-refractivity contribution in [2.45, 2.75) is 33.6 Å². The molecule has 1 amide bonds. The third-order valence-corrected chi connectivity index (χ3v) is 2.39. The van der Waals surface area contributed by atoms with Gasteiger partial charge in [-0.05, 0) is 18.6 Å². The lowest BCUT2D eigenvalue weighted by Crippen LogP contribution is -2.25. The van der Waals surface area contributed by atoms with Gasteiger partial charge in [-0.2, -0.15) is 5.10 Å². The summed E-state index contributed by atoms with van der Waals surface area (Å²) in [7, 11) is 0. The van der Waals surface area contributed by atoms with Crippen molar-refractivity contribution in [3.63, 3.8) is 0 Å². The SMILES string of the molecule is CCCC(=NN([O-])C(=O)C(C)C)c1ccncc1. The Kier molecular flexibility index (Phi) is 5.45. The molecule has 0 aromatic carbocycles. The van der Waals surface area contributed by atoms with E-state index in [4.69, 9.17) is 0 Å². The van der Waals surface area contributed by atoms with Crippen molar-refractivity contribution in [1.82, 2.24) is 10.2 Å². The van der Waals surface area contributed by atoms with E-state index in [1.165, 1.54) is 0 Å². The van der Waals surface area contributed by atoms with Gasteiger partial charge in [-0.15, -0.1) is 0 Å². The van der Waals surface area contributed by atoms with Crippen molar-refractivity contribution >= 4 is 11.6 Å². The highest BCUT2D eigenvalue weighted by Crippen LogP contribution is 2.09. The first-order chi connectivity index (χ1) is 8.56. The van der Waals surface area contributed by atoms with Crippen LogP contribution in [0.1, 0.15) is 39.2 Å². The predicted octanol–water partition coefficient (Wildman–Crippen LogP) is 2.57. The first-order valence-electron chi connectivity index (χ1n) is 6.05. The molecule has 1 heterocycles. The van der Waals surface area contributed by atoms with Crippen LogP contribution in [0, 0.1) is 11.1 Å². The molecule has 5 nitrogen and oxygen atoms in total. The van der Waals surface area contributed by atoms with Gasteiger partial charge in [-0.1, -0.05) is 27.2 Å². The molecule has 0 atom stereocenters. The fourth-order valence-electron chi connectivity index (χ4n) is 1.41. The first-order valence-corrected chi connectivity index (χ1v) is 6.05. The number of rotatable bonds is 5. The van der Waals surface area contributed by atoms with Crippen LogP contribution in [-0.2, 0) is 4.79 Å². The predicted molar refractivity (Wildman–Crippen MR) is 70.7 cm³/mol. The summed E-state index contributed by atoms with van der Waals surface area (Å²) in [6.07, 6.45) is 4.78. The van der Waals surface area contributed by atoms with Gasteiger partial charge >= 0.3 is 0 Å². The zero-order chi connectivity index (χ0) is 13.5. The number of hydrogen-bond donors (Lipinski definition) is 0. The number of hydroxylamine groups is 1. The van der Waals surface area contributed by atoms with Crippen molar-refractivity contribution in [3.05, 3.63) is 35.3 Å². The van der Waals surface area contributed by atoms with Crippen LogP contribution in [0.4, 0.5) is 0 Å². The van der Waals surface area contributed by atoms with Gasteiger partial charge in [-0.25, -0.2) is 0 Å². The van der Waals surface area contributed by atoms with E-state index in [9.17, 15) is 10.0 Å². The quantitative estimate of drug-likeness (QED) is 0.594. The van der Waals surface area contributed by atoms with Gasteiger partial charge in [0.05, 0.1) is 5.71 Å². The molecule has 1 aromatic heterocycles. The van der Waals surface area contributed by atoms with E-state index < -0.39 is 5.91 Å². The van der Waals surface area contributed by atoms with Crippen molar-refractivity contribution in [1.29, 1.82) is 0 Å². The highest BCUT2D eigenvalue weighted by Gasteiger charge is 2.10. The Hall–Kier alpha value is -1.75. The number of nitrogens with zero attached hydrogens (tertiary/aromatic N) is 3. The number of carbonyl (C=O) groups excluding carboxylic acids is 1. The van der Waals surface area contributed by atoms with Crippen LogP contribution in [0.5, 0.6) is 0 Å². The average Bonchev–Trinajstić information content (AvgIpc) is 2.38. The standard InChI is InChI=1S/C13H18N3O2/c1-4-5-12(11-6-8-14-9-7-11)15-16(18)13(17)10(2)3/h6-10H,4-5H2,1-3H3/q-1. The summed E-state index contributed by atoms with van der Waals surface area (Å²) in [4.78, 5) is 15.4. The molecule has 0 bridgehead atoms. The van der Waals surface area contributed by atoms with Gasteiger partial charge in [0.2, 0.25) is 5.91 Å². The van der Waals surface area contributed by atoms with Gasteiger partial charge in [0.25, 0.3) is 0 Å². The summed E-state index contributed by atoms with van der Waals surface area (Å²) >= 11 is 0. The molecule has 1 rings (SSSR count). The van der Waals surface area contributed by atoms with E-state index in [1.54, 1.807) is 38.4 Å². The fourth-order valence-corrected chi connectivity index (χ4v) is 1.41. The molecule has 0 fully saturated rings. The number of hydrogen-bond acceptors (Lipinski definition) is 4. The minimum Gasteiger partial charge on any atom is -0.735 e. The molecule has 1 aromatic rings. The largest absolute Gasteiger partial charge is 0.735 e. The molecule has 0 radical (unpaired) electrons. The Morgan fingerprint density at radius 1 is 1.44 bits per heavy atom. The third-order valence-electron chi connectivity index (χ3n) is 2.39. The summed E-state index contributed by atoms with van der Waals surface area (Å²) in [5, 5.41) is 15.7. The minimum absolute atomic E-state index is 0.191. The lowest BCUT2D eigenvalue weighted by Gasteiger charge is -2.25. The molecular formula is C13H18N3O2-. The summed E-state index contributed by atoms with van der Waals surface area (Å²) in [6.45, 7) is 5.35. The highest BCUT2D eigenvalue weighted by atomic mass is 16.5. The van der Waals surface area contributed by atoms with Gasteiger partial charge in [0.15, 0.2) is 0 Å². The smallest absolute Gasteiger partial charge is 0.235 e. The molecule has 5 heteroatoms. The van der Waals surface area contributed by atoms with Crippen LogP contribution in [0.25, 0.3) is 0 Å². The van der Waals surface area contributed by atoms with Crippen LogP contribution >= 0.6 is 0 Å². The number of amides is 1. The zero-order valence-electron chi connectivity index (χ0n) is 11.0. The van der Waals surface area contributed by atoms with Gasteiger partial charge in [-0.3, -0.25) is 9.78 Å². The molecule has 0 spiro atoms. The molecule has 18 heavy (non-hydrogen) atoms.